The van der Waals surface area contributed by atoms with Gasteiger partial charge in [0.25, 0.3) is 0 Å². The lowest BCUT2D eigenvalue weighted by atomic mass is 11.2. The van der Waals surface area contributed by atoms with Crippen molar-refractivity contribution in [1.82, 2.24) is 0 Å². The first-order chi connectivity index (χ1) is 5.58. The molecule has 0 fully saturated rings. The topological polar surface area (TPSA) is 82.1 Å². The second-order valence-corrected chi connectivity index (χ2v) is 3.29. The normalized spacial score (nSPS) is 13.6. The second kappa shape index (κ2) is 10.9. The third-order valence-electron chi connectivity index (χ3n) is 0.521. The Morgan fingerprint density at radius 2 is 1.75 bits per heavy atom. The minimum Gasteiger partial charge on any atom is -0.435 e. The lowest BCUT2D eigenvalue weighted by molar-refractivity contribution is 0.327. The SMILES string of the molecule is C=CO[PH](=O)OC.CO[PH](=O)O. The van der Waals surface area contributed by atoms with E-state index in [9.17, 15) is 9.13 Å². The number of rotatable bonds is 4. The van der Waals surface area contributed by atoms with E-state index < -0.39 is 16.5 Å². The van der Waals surface area contributed by atoms with Crippen LogP contribution in [0.2, 0.25) is 0 Å². The van der Waals surface area contributed by atoms with Crippen molar-refractivity contribution in [3.63, 3.8) is 0 Å². The molecule has 0 amide bonds. The molecular formula is C4H12O6P2. The molecule has 74 valence electrons. The molecule has 0 rings (SSSR count). The summed E-state index contributed by atoms with van der Waals surface area (Å²) in [5, 5.41) is 0. The van der Waals surface area contributed by atoms with Gasteiger partial charge in [0.05, 0.1) is 6.26 Å². The van der Waals surface area contributed by atoms with Crippen LogP contribution in [0.15, 0.2) is 12.8 Å². The van der Waals surface area contributed by atoms with E-state index in [0.29, 0.717) is 0 Å². The van der Waals surface area contributed by atoms with Gasteiger partial charge in [0.2, 0.25) is 0 Å². The van der Waals surface area contributed by atoms with Crippen molar-refractivity contribution < 1.29 is 27.6 Å². The summed E-state index contributed by atoms with van der Waals surface area (Å²) in [4.78, 5) is 7.69. The van der Waals surface area contributed by atoms with Gasteiger partial charge in [0.15, 0.2) is 0 Å². The van der Waals surface area contributed by atoms with Gasteiger partial charge < -0.3 is 18.5 Å². The smallest absolute Gasteiger partial charge is 0.366 e. The fourth-order valence-corrected chi connectivity index (χ4v) is 0.348. The van der Waals surface area contributed by atoms with Crippen molar-refractivity contribution in [3.05, 3.63) is 12.8 Å². The van der Waals surface area contributed by atoms with Gasteiger partial charge in [-0.15, -0.1) is 0 Å². The molecule has 0 aromatic heterocycles. The van der Waals surface area contributed by atoms with Gasteiger partial charge in [0, 0.05) is 14.2 Å². The standard InChI is InChI=1S/C3H7O3P.CH5O3P/c1-3-6-7(4)5-2;1-4-5(2)3/h3,7H,1H2,2H3;5H,1H3,(H,2,3). The van der Waals surface area contributed by atoms with Gasteiger partial charge >= 0.3 is 16.5 Å². The van der Waals surface area contributed by atoms with Crippen LogP contribution >= 0.6 is 16.5 Å². The molecule has 0 bridgehead atoms. The van der Waals surface area contributed by atoms with Crippen LogP contribution in [-0.4, -0.2) is 19.1 Å². The summed E-state index contributed by atoms with van der Waals surface area (Å²) in [6.45, 7) is 3.17. The highest BCUT2D eigenvalue weighted by Crippen LogP contribution is 2.20. The average Bonchev–Trinajstić information content (AvgIpc) is 2.06. The maximum Gasteiger partial charge on any atom is 0.366 e. The van der Waals surface area contributed by atoms with Crippen LogP contribution in [0.25, 0.3) is 0 Å². The fraction of sp³-hybridized carbons (Fsp3) is 0.500. The Morgan fingerprint density at radius 1 is 1.33 bits per heavy atom. The maximum absolute atomic E-state index is 10.1. The predicted octanol–water partition coefficient (Wildman–Crippen LogP) is 1.20. The molecule has 1 N–H and O–H groups in total. The molecule has 0 aliphatic heterocycles. The molecular weight excluding hydrogens is 206 g/mol. The first-order valence-corrected chi connectivity index (χ1v) is 5.19. The lowest BCUT2D eigenvalue weighted by Crippen LogP contribution is -1.65. The Labute approximate surface area is 72.0 Å². The van der Waals surface area contributed by atoms with Crippen LogP contribution in [0, 0.1) is 0 Å². The largest absolute Gasteiger partial charge is 0.435 e. The summed E-state index contributed by atoms with van der Waals surface area (Å²) in [7, 11) is -2.38. The molecule has 0 heterocycles. The van der Waals surface area contributed by atoms with E-state index in [-0.39, 0.29) is 0 Å². The van der Waals surface area contributed by atoms with E-state index >= 15 is 0 Å². The van der Waals surface area contributed by atoms with Crippen molar-refractivity contribution in [2.75, 3.05) is 14.2 Å². The molecule has 0 aliphatic carbocycles. The van der Waals surface area contributed by atoms with Gasteiger partial charge in [0.1, 0.15) is 0 Å². The van der Waals surface area contributed by atoms with E-state index in [2.05, 4.69) is 20.2 Å². The first-order valence-electron chi connectivity index (χ1n) is 2.70. The number of hydrogen-bond donors (Lipinski definition) is 1. The minimum atomic E-state index is -2.62. The number of hydrogen-bond acceptors (Lipinski definition) is 5. The van der Waals surface area contributed by atoms with Crippen LogP contribution in [0.1, 0.15) is 0 Å². The Balaban J connectivity index is 0. The summed E-state index contributed by atoms with van der Waals surface area (Å²) in [6, 6.07) is 0. The summed E-state index contributed by atoms with van der Waals surface area (Å²) < 4.78 is 31.8. The van der Waals surface area contributed by atoms with Crippen molar-refractivity contribution in [2.45, 2.75) is 0 Å². The summed E-state index contributed by atoms with van der Waals surface area (Å²) in [5.74, 6) is 0. The van der Waals surface area contributed by atoms with E-state index in [1.165, 1.54) is 14.2 Å². The summed E-state index contributed by atoms with van der Waals surface area (Å²) in [5.41, 5.74) is 0. The molecule has 0 aliphatic rings. The highest BCUT2D eigenvalue weighted by molar-refractivity contribution is 7.33. The van der Waals surface area contributed by atoms with Crippen molar-refractivity contribution in [1.29, 1.82) is 0 Å². The zero-order valence-corrected chi connectivity index (χ0v) is 8.77. The van der Waals surface area contributed by atoms with Crippen molar-refractivity contribution >= 4 is 16.5 Å². The first kappa shape index (κ1) is 14.4. The molecule has 0 aromatic carbocycles. The molecule has 8 heteroatoms. The molecule has 0 aromatic rings. The van der Waals surface area contributed by atoms with Crippen molar-refractivity contribution in [3.8, 4) is 0 Å². The highest BCUT2D eigenvalue weighted by atomic mass is 31.1. The molecule has 0 saturated carbocycles. The van der Waals surface area contributed by atoms with Crippen LogP contribution in [-0.2, 0) is 22.7 Å². The van der Waals surface area contributed by atoms with Gasteiger partial charge in [-0.3, -0.25) is 4.57 Å². The van der Waals surface area contributed by atoms with Crippen LogP contribution < -0.4 is 0 Å². The summed E-state index contributed by atoms with van der Waals surface area (Å²) in [6.07, 6.45) is 1.09. The van der Waals surface area contributed by atoms with Crippen LogP contribution in [0.4, 0.5) is 0 Å². The quantitative estimate of drug-likeness (QED) is 0.563. The molecule has 0 spiro atoms. The monoisotopic (exact) mass is 218 g/mol. The van der Waals surface area contributed by atoms with Crippen LogP contribution in [0.5, 0.6) is 0 Å². The molecule has 12 heavy (non-hydrogen) atoms. The Hall–Kier alpha value is -0.120. The third kappa shape index (κ3) is 16.5. The predicted molar refractivity (Wildman–Crippen MR) is 45.5 cm³/mol. The highest BCUT2D eigenvalue weighted by Gasteiger charge is 1.85. The van der Waals surface area contributed by atoms with E-state index in [0.717, 1.165) is 6.26 Å². The maximum atomic E-state index is 10.1. The average molecular weight is 218 g/mol. The van der Waals surface area contributed by atoms with Crippen LogP contribution in [0.3, 0.4) is 0 Å². The molecule has 0 saturated heterocycles. The van der Waals surface area contributed by atoms with Crippen molar-refractivity contribution in [2.24, 2.45) is 0 Å². The van der Waals surface area contributed by atoms with Gasteiger partial charge in [-0.2, -0.15) is 0 Å². The van der Waals surface area contributed by atoms with Gasteiger partial charge in [-0.05, 0) is 0 Å². The van der Waals surface area contributed by atoms with E-state index in [1.54, 1.807) is 0 Å². The zero-order valence-electron chi connectivity index (χ0n) is 6.77. The van der Waals surface area contributed by atoms with Gasteiger partial charge in [-0.25, -0.2) is 4.57 Å². The van der Waals surface area contributed by atoms with Gasteiger partial charge in [-0.1, -0.05) is 6.58 Å². The molecule has 2 atom stereocenters. The lowest BCUT2D eigenvalue weighted by Gasteiger charge is -1.92. The Kier molecular flexibility index (Phi) is 13.1. The molecule has 0 radical (unpaired) electrons. The molecule has 2 unspecified atom stereocenters. The second-order valence-electron chi connectivity index (χ2n) is 1.21. The molecule has 6 nitrogen and oxygen atoms in total. The summed E-state index contributed by atoms with van der Waals surface area (Å²) >= 11 is 0. The Morgan fingerprint density at radius 3 is 1.83 bits per heavy atom. The fourth-order valence-electron chi connectivity index (χ4n) is 0.116. The van der Waals surface area contributed by atoms with E-state index in [4.69, 9.17) is 4.89 Å². The third-order valence-corrected chi connectivity index (χ3v) is 1.56. The van der Waals surface area contributed by atoms with E-state index in [1.807, 2.05) is 0 Å². The zero-order chi connectivity index (χ0) is 9.98. The minimum absolute atomic E-state index is 1.09. The Bertz CT molecular complexity index is 158.